The summed E-state index contributed by atoms with van der Waals surface area (Å²) in [7, 11) is 0. The second-order valence-electron chi connectivity index (χ2n) is 3.25. The summed E-state index contributed by atoms with van der Waals surface area (Å²) in [6, 6.07) is 1.82. The van der Waals surface area contributed by atoms with Gasteiger partial charge in [-0.25, -0.2) is 4.98 Å². The number of pyridine rings is 1. The van der Waals surface area contributed by atoms with Crippen molar-refractivity contribution in [3.63, 3.8) is 0 Å². The molecule has 0 saturated carbocycles. The van der Waals surface area contributed by atoms with E-state index in [1.165, 1.54) is 11.3 Å². The second-order valence-corrected chi connectivity index (χ2v) is 4.89. The highest BCUT2D eigenvalue weighted by Gasteiger charge is 2.03. The maximum Gasteiger partial charge on any atom is 0.253 e. The zero-order valence-corrected chi connectivity index (χ0v) is 10.5. The van der Waals surface area contributed by atoms with Crippen LogP contribution in [0.4, 0.5) is 0 Å². The largest absolute Gasteiger partial charge is 0.308 e. The summed E-state index contributed by atoms with van der Waals surface area (Å²) in [6.45, 7) is 2.34. The Bertz CT molecular complexity index is 519. The SMILES string of the molecule is Cc1cc(Br)cn(Cc2cscn2)c1=O. The van der Waals surface area contributed by atoms with Crippen molar-refractivity contribution >= 4 is 27.3 Å². The molecular formula is C10H9BrN2OS. The highest BCUT2D eigenvalue weighted by Crippen LogP contribution is 2.09. The molecule has 2 heterocycles. The van der Waals surface area contributed by atoms with Crippen molar-refractivity contribution in [1.29, 1.82) is 0 Å². The first-order valence-electron chi connectivity index (χ1n) is 4.40. The van der Waals surface area contributed by atoms with E-state index in [1.54, 1.807) is 16.3 Å². The fraction of sp³-hybridized carbons (Fsp3) is 0.200. The van der Waals surface area contributed by atoms with Crippen molar-refractivity contribution < 1.29 is 0 Å². The monoisotopic (exact) mass is 284 g/mol. The fourth-order valence-corrected chi connectivity index (χ4v) is 2.49. The minimum Gasteiger partial charge on any atom is -0.308 e. The third-order valence-electron chi connectivity index (χ3n) is 2.05. The first-order valence-corrected chi connectivity index (χ1v) is 6.14. The molecule has 2 aromatic rings. The number of halogens is 1. The third kappa shape index (κ3) is 2.35. The maximum atomic E-state index is 11.8. The first-order chi connectivity index (χ1) is 7.16. The van der Waals surface area contributed by atoms with E-state index in [-0.39, 0.29) is 5.56 Å². The van der Waals surface area contributed by atoms with Gasteiger partial charge < -0.3 is 4.57 Å². The second kappa shape index (κ2) is 4.28. The predicted molar refractivity (Wildman–Crippen MR) is 64.4 cm³/mol. The molecule has 0 bridgehead atoms. The molecular weight excluding hydrogens is 276 g/mol. The summed E-state index contributed by atoms with van der Waals surface area (Å²) in [5.74, 6) is 0. The van der Waals surface area contributed by atoms with Crippen LogP contribution in [0.5, 0.6) is 0 Å². The summed E-state index contributed by atoms with van der Waals surface area (Å²) < 4.78 is 2.57. The Labute approximate surface area is 99.5 Å². The van der Waals surface area contributed by atoms with E-state index in [0.29, 0.717) is 6.54 Å². The Morgan fingerprint density at radius 3 is 3.07 bits per heavy atom. The summed E-state index contributed by atoms with van der Waals surface area (Å²) in [5, 5.41) is 1.95. The summed E-state index contributed by atoms with van der Waals surface area (Å²) in [4.78, 5) is 15.9. The number of hydrogen-bond donors (Lipinski definition) is 0. The molecule has 0 atom stereocenters. The molecule has 0 aliphatic carbocycles. The zero-order valence-electron chi connectivity index (χ0n) is 8.11. The van der Waals surface area contributed by atoms with Gasteiger partial charge in [0.1, 0.15) is 0 Å². The summed E-state index contributed by atoms with van der Waals surface area (Å²) >= 11 is 4.91. The van der Waals surface area contributed by atoms with Crippen molar-refractivity contribution in [2.45, 2.75) is 13.5 Å². The molecule has 2 rings (SSSR count). The van der Waals surface area contributed by atoms with E-state index in [4.69, 9.17) is 0 Å². The van der Waals surface area contributed by atoms with Crippen molar-refractivity contribution in [3.05, 3.63) is 49.2 Å². The molecule has 15 heavy (non-hydrogen) atoms. The van der Waals surface area contributed by atoms with Crippen LogP contribution in [-0.2, 0) is 6.54 Å². The van der Waals surface area contributed by atoms with Crippen LogP contribution < -0.4 is 5.56 Å². The molecule has 0 N–H and O–H groups in total. The van der Waals surface area contributed by atoms with Crippen molar-refractivity contribution in [3.8, 4) is 0 Å². The highest BCUT2D eigenvalue weighted by atomic mass is 79.9. The number of hydrogen-bond acceptors (Lipinski definition) is 3. The Balaban J connectivity index is 2.41. The maximum absolute atomic E-state index is 11.8. The van der Waals surface area contributed by atoms with Crippen LogP contribution in [-0.4, -0.2) is 9.55 Å². The van der Waals surface area contributed by atoms with E-state index in [2.05, 4.69) is 20.9 Å². The first kappa shape index (κ1) is 10.6. The van der Waals surface area contributed by atoms with Crippen LogP contribution in [0.2, 0.25) is 0 Å². The average molecular weight is 285 g/mol. The highest BCUT2D eigenvalue weighted by molar-refractivity contribution is 9.10. The van der Waals surface area contributed by atoms with E-state index in [0.717, 1.165) is 15.7 Å². The molecule has 0 fully saturated rings. The van der Waals surface area contributed by atoms with Crippen molar-refractivity contribution in [2.24, 2.45) is 0 Å². The number of nitrogens with zero attached hydrogens (tertiary/aromatic N) is 2. The lowest BCUT2D eigenvalue weighted by atomic mass is 10.3. The Kier molecular flexibility index (Phi) is 3.02. The minimum absolute atomic E-state index is 0.0335. The van der Waals surface area contributed by atoms with Crippen LogP contribution >= 0.6 is 27.3 Å². The number of aryl methyl sites for hydroxylation is 1. The average Bonchev–Trinajstić information content (AvgIpc) is 2.66. The van der Waals surface area contributed by atoms with Crippen LogP contribution in [0.25, 0.3) is 0 Å². The van der Waals surface area contributed by atoms with Gasteiger partial charge in [0.05, 0.1) is 17.7 Å². The van der Waals surface area contributed by atoms with Gasteiger partial charge in [-0.05, 0) is 28.9 Å². The standard InChI is InChI=1S/C10H9BrN2OS/c1-7-2-8(11)3-13(10(7)14)4-9-5-15-6-12-9/h2-3,5-6H,4H2,1H3. The number of rotatable bonds is 2. The Hall–Kier alpha value is -0.940. The molecule has 0 aromatic carbocycles. The molecule has 78 valence electrons. The summed E-state index contributed by atoms with van der Waals surface area (Å²) in [6.07, 6.45) is 1.79. The number of thiazole rings is 1. The third-order valence-corrected chi connectivity index (χ3v) is 3.12. The van der Waals surface area contributed by atoms with Crippen molar-refractivity contribution in [1.82, 2.24) is 9.55 Å². The fourth-order valence-electron chi connectivity index (χ4n) is 1.35. The molecule has 0 saturated heterocycles. The number of aromatic nitrogens is 2. The van der Waals surface area contributed by atoms with Gasteiger partial charge in [-0.2, -0.15) is 0 Å². The molecule has 5 heteroatoms. The lowest BCUT2D eigenvalue weighted by Crippen LogP contribution is -2.22. The van der Waals surface area contributed by atoms with E-state index in [1.807, 2.05) is 18.4 Å². The van der Waals surface area contributed by atoms with E-state index >= 15 is 0 Å². The van der Waals surface area contributed by atoms with Gasteiger partial charge in [-0.15, -0.1) is 11.3 Å². The van der Waals surface area contributed by atoms with Gasteiger partial charge in [0, 0.05) is 21.6 Å². The quantitative estimate of drug-likeness (QED) is 0.849. The van der Waals surface area contributed by atoms with Gasteiger partial charge in [-0.1, -0.05) is 0 Å². The van der Waals surface area contributed by atoms with Gasteiger partial charge in [0.25, 0.3) is 5.56 Å². The Morgan fingerprint density at radius 1 is 1.60 bits per heavy atom. The van der Waals surface area contributed by atoms with Gasteiger partial charge in [-0.3, -0.25) is 4.79 Å². The molecule has 0 amide bonds. The van der Waals surface area contributed by atoms with Crippen LogP contribution in [0.15, 0.2) is 32.4 Å². The van der Waals surface area contributed by atoms with Gasteiger partial charge in [0.2, 0.25) is 0 Å². The zero-order chi connectivity index (χ0) is 10.8. The van der Waals surface area contributed by atoms with Crippen molar-refractivity contribution in [2.75, 3.05) is 0 Å². The minimum atomic E-state index is 0.0335. The van der Waals surface area contributed by atoms with E-state index in [9.17, 15) is 4.79 Å². The Morgan fingerprint density at radius 2 is 2.40 bits per heavy atom. The molecule has 2 aromatic heterocycles. The van der Waals surface area contributed by atoms with E-state index < -0.39 is 0 Å². The normalized spacial score (nSPS) is 10.5. The molecule has 0 radical (unpaired) electrons. The smallest absolute Gasteiger partial charge is 0.253 e. The topological polar surface area (TPSA) is 34.9 Å². The molecule has 0 aliphatic rings. The summed E-state index contributed by atoms with van der Waals surface area (Å²) in [5.41, 5.74) is 3.45. The van der Waals surface area contributed by atoms with Gasteiger partial charge in [0.15, 0.2) is 0 Å². The van der Waals surface area contributed by atoms with Gasteiger partial charge >= 0.3 is 0 Å². The predicted octanol–water partition coefficient (Wildman–Crippen LogP) is 2.42. The van der Waals surface area contributed by atoms with Crippen LogP contribution in [0.1, 0.15) is 11.3 Å². The lowest BCUT2D eigenvalue weighted by Gasteiger charge is -2.05. The van der Waals surface area contributed by atoms with Crippen LogP contribution in [0, 0.1) is 6.92 Å². The molecule has 0 unspecified atom stereocenters. The lowest BCUT2D eigenvalue weighted by molar-refractivity contribution is 0.735. The van der Waals surface area contributed by atoms with Crippen LogP contribution in [0.3, 0.4) is 0 Å². The molecule has 0 spiro atoms. The molecule has 3 nitrogen and oxygen atoms in total. The molecule has 0 aliphatic heterocycles.